The molecular formula is C14H21NS2. The molecule has 0 spiro atoms. The average Bonchev–Trinajstić information content (AvgIpc) is 2.29. The van der Waals surface area contributed by atoms with E-state index in [0.29, 0.717) is 11.5 Å². The van der Waals surface area contributed by atoms with E-state index in [2.05, 4.69) is 61.4 Å². The van der Waals surface area contributed by atoms with Crippen LogP contribution in [0.1, 0.15) is 20.3 Å². The minimum Gasteiger partial charge on any atom is -0.381 e. The van der Waals surface area contributed by atoms with Crippen LogP contribution in [0, 0.1) is 5.41 Å². The molecule has 1 aromatic rings. The van der Waals surface area contributed by atoms with Crippen LogP contribution in [-0.2, 0) is 0 Å². The highest BCUT2D eigenvalue weighted by Gasteiger charge is 2.28. The van der Waals surface area contributed by atoms with Crippen LogP contribution in [0.2, 0.25) is 0 Å². The van der Waals surface area contributed by atoms with Crippen molar-refractivity contribution in [3.63, 3.8) is 0 Å². The lowest BCUT2D eigenvalue weighted by atomic mass is 9.88. The van der Waals surface area contributed by atoms with Gasteiger partial charge in [-0.25, -0.2) is 0 Å². The van der Waals surface area contributed by atoms with Gasteiger partial charge in [-0.3, -0.25) is 0 Å². The van der Waals surface area contributed by atoms with Gasteiger partial charge in [-0.2, -0.15) is 11.8 Å². The van der Waals surface area contributed by atoms with Gasteiger partial charge in [0.05, 0.1) is 0 Å². The van der Waals surface area contributed by atoms with E-state index in [9.17, 15) is 0 Å². The van der Waals surface area contributed by atoms with Crippen molar-refractivity contribution in [1.82, 2.24) is 0 Å². The predicted octanol–water partition coefficient (Wildman–Crippen LogP) is 4.35. The molecule has 0 aliphatic carbocycles. The molecule has 1 heterocycles. The van der Waals surface area contributed by atoms with E-state index in [0.717, 1.165) is 0 Å². The number of benzene rings is 1. The highest BCUT2D eigenvalue weighted by atomic mass is 32.2. The van der Waals surface area contributed by atoms with Gasteiger partial charge >= 0.3 is 0 Å². The lowest BCUT2D eigenvalue weighted by Gasteiger charge is -2.35. The van der Waals surface area contributed by atoms with Crippen molar-refractivity contribution in [2.45, 2.75) is 31.2 Å². The molecule has 1 fully saturated rings. The van der Waals surface area contributed by atoms with Crippen LogP contribution in [0.4, 0.5) is 5.69 Å². The van der Waals surface area contributed by atoms with E-state index < -0.39 is 0 Å². The zero-order chi connectivity index (χ0) is 12.3. The second-order valence-electron chi connectivity index (χ2n) is 5.45. The van der Waals surface area contributed by atoms with Gasteiger partial charge in [0.15, 0.2) is 0 Å². The van der Waals surface area contributed by atoms with Crippen LogP contribution in [0.5, 0.6) is 0 Å². The highest BCUT2D eigenvalue weighted by Crippen LogP contribution is 2.34. The van der Waals surface area contributed by atoms with Crippen LogP contribution >= 0.6 is 23.5 Å². The van der Waals surface area contributed by atoms with Crippen molar-refractivity contribution >= 4 is 29.2 Å². The number of hydrogen-bond donors (Lipinski definition) is 1. The smallest absolute Gasteiger partial charge is 0.0357 e. The van der Waals surface area contributed by atoms with E-state index >= 15 is 0 Å². The summed E-state index contributed by atoms with van der Waals surface area (Å²) in [5.41, 5.74) is 1.73. The number of rotatable bonds is 3. The first-order valence-electron chi connectivity index (χ1n) is 6.07. The van der Waals surface area contributed by atoms with Crippen molar-refractivity contribution in [3.05, 3.63) is 24.3 Å². The normalized spacial score (nSPS) is 23.4. The van der Waals surface area contributed by atoms with Gasteiger partial charge in [-0.1, -0.05) is 13.8 Å². The molecule has 1 aliphatic rings. The largest absolute Gasteiger partial charge is 0.381 e. The molecule has 1 atom stereocenters. The number of anilines is 1. The minimum absolute atomic E-state index is 0.472. The molecular weight excluding hydrogens is 246 g/mol. The molecule has 0 radical (unpaired) electrons. The maximum atomic E-state index is 3.66. The summed E-state index contributed by atoms with van der Waals surface area (Å²) in [6, 6.07) is 9.38. The van der Waals surface area contributed by atoms with Crippen LogP contribution < -0.4 is 5.32 Å². The molecule has 94 valence electrons. The van der Waals surface area contributed by atoms with Gasteiger partial charge in [0.1, 0.15) is 0 Å². The van der Waals surface area contributed by atoms with E-state index in [1.807, 2.05) is 0 Å². The lowest BCUT2D eigenvalue weighted by molar-refractivity contribution is 0.358. The Hall–Kier alpha value is -0.280. The maximum absolute atomic E-state index is 3.66. The molecule has 1 aromatic carbocycles. The van der Waals surface area contributed by atoms with Crippen molar-refractivity contribution in [2.75, 3.05) is 23.1 Å². The van der Waals surface area contributed by atoms with Gasteiger partial charge in [0, 0.05) is 22.4 Å². The molecule has 1 aliphatic heterocycles. The molecule has 0 bridgehead atoms. The Morgan fingerprint density at radius 2 is 2.00 bits per heavy atom. The number of thioether (sulfide) groups is 2. The Morgan fingerprint density at radius 1 is 1.29 bits per heavy atom. The first-order valence-corrected chi connectivity index (χ1v) is 8.45. The van der Waals surface area contributed by atoms with E-state index in [1.54, 1.807) is 11.8 Å². The fourth-order valence-electron chi connectivity index (χ4n) is 2.28. The van der Waals surface area contributed by atoms with Gasteiger partial charge in [0.2, 0.25) is 0 Å². The topological polar surface area (TPSA) is 12.0 Å². The van der Waals surface area contributed by atoms with E-state index in [4.69, 9.17) is 0 Å². The second kappa shape index (κ2) is 5.57. The standard InChI is InChI=1S/C14H21NS2/c1-14(2)8-12(9-17-10-14)15-11-4-6-13(16-3)7-5-11/h4-7,12,15H,8-10H2,1-3H3. The summed E-state index contributed by atoms with van der Waals surface area (Å²) in [5.74, 6) is 2.52. The molecule has 1 N–H and O–H groups in total. The molecule has 2 rings (SSSR count). The van der Waals surface area contributed by atoms with E-state index in [-0.39, 0.29) is 0 Å². The van der Waals surface area contributed by atoms with Crippen LogP contribution in [0.15, 0.2) is 29.2 Å². The first-order chi connectivity index (χ1) is 8.09. The molecule has 0 amide bonds. The second-order valence-corrected chi connectivity index (χ2v) is 7.36. The fraction of sp³-hybridized carbons (Fsp3) is 0.571. The van der Waals surface area contributed by atoms with Crippen LogP contribution in [0.25, 0.3) is 0 Å². The fourth-order valence-corrected chi connectivity index (χ4v) is 3.96. The third kappa shape index (κ3) is 3.85. The van der Waals surface area contributed by atoms with Crippen LogP contribution in [-0.4, -0.2) is 23.8 Å². The third-order valence-electron chi connectivity index (χ3n) is 3.07. The van der Waals surface area contributed by atoms with Crippen molar-refractivity contribution in [2.24, 2.45) is 5.41 Å². The predicted molar refractivity (Wildman–Crippen MR) is 81.4 cm³/mol. The van der Waals surface area contributed by atoms with E-state index in [1.165, 1.54) is 28.5 Å². The molecule has 0 aromatic heterocycles. The summed E-state index contributed by atoms with van der Waals surface area (Å²) in [5, 5.41) is 3.66. The first kappa shape index (κ1) is 13.2. The molecule has 1 saturated heterocycles. The highest BCUT2D eigenvalue weighted by molar-refractivity contribution is 7.99. The Labute approximate surface area is 113 Å². The summed E-state index contributed by atoms with van der Waals surface area (Å²) < 4.78 is 0. The Bertz CT molecular complexity index is 359. The van der Waals surface area contributed by atoms with Gasteiger partial charge < -0.3 is 5.32 Å². The lowest BCUT2D eigenvalue weighted by Crippen LogP contribution is -2.35. The monoisotopic (exact) mass is 267 g/mol. The zero-order valence-corrected chi connectivity index (χ0v) is 12.5. The molecule has 3 heteroatoms. The number of nitrogens with one attached hydrogen (secondary N) is 1. The van der Waals surface area contributed by atoms with Crippen molar-refractivity contribution < 1.29 is 0 Å². The summed E-state index contributed by atoms with van der Waals surface area (Å²) >= 11 is 3.86. The van der Waals surface area contributed by atoms with Gasteiger partial charge in [0.25, 0.3) is 0 Å². The molecule has 1 unspecified atom stereocenters. The van der Waals surface area contributed by atoms with Gasteiger partial charge in [-0.05, 0) is 48.1 Å². The minimum atomic E-state index is 0.472. The zero-order valence-electron chi connectivity index (χ0n) is 10.8. The quantitative estimate of drug-likeness (QED) is 0.818. The Kier molecular flexibility index (Phi) is 4.31. The summed E-state index contributed by atoms with van der Waals surface area (Å²) in [6.45, 7) is 4.73. The third-order valence-corrected chi connectivity index (χ3v) is 5.44. The average molecular weight is 267 g/mol. The van der Waals surface area contributed by atoms with Crippen LogP contribution in [0.3, 0.4) is 0 Å². The Balaban J connectivity index is 1.95. The van der Waals surface area contributed by atoms with Gasteiger partial charge in [-0.15, -0.1) is 11.8 Å². The summed E-state index contributed by atoms with van der Waals surface area (Å²) in [7, 11) is 0. The summed E-state index contributed by atoms with van der Waals surface area (Å²) in [6.07, 6.45) is 3.38. The molecule has 0 saturated carbocycles. The van der Waals surface area contributed by atoms with Crippen molar-refractivity contribution in [3.8, 4) is 0 Å². The Morgan fingerprint density at radius 3 is 2.59 bits per heavy atom. The summed E-state index contributed by atoms with van der Waals surface area (Å²) in [4.78, 5) is 1.33. The molecule has 1 nitrogen and oxygen atoms in total. The van der Waals surface area contributed by atoms with Crippen molar-refractivity contribution in [1.29, 1.82) is 0 Å². The maximum Gasteiger partial charge on any atom is 0.0357 e. The number of hydrogen-bond acceptors (Lipinski definition) is 3. The molecule has 17 heavy (non-hydrogen) atoms. The SMILES string of the molecule is CSc1ccc(NC2CSCC(C)(C)C2)cc1.